The summed E-state index contributed by atoms with van der Waals surface area (Å²) >= 11 is 0. The third kappa shape index (κ3) is 3.67. The van der Waals surface area contributed by atoms with Crippen molar-refractivity contribution >= 4 is 35.3 Å². The minimum atomic E-state index is -0.0816. The van der Waals surface area contributed by atoms with Gasteiger partial charge in [-0.05, 0) is 32.0 Å². The molecule has 1 aliphatic carbocycles. The molecule has 1 aromatic carbocycles. The number of carbonyl (C=O) groups excluding carboxylic acids is 1. The summed E-state index contributed by atoms with van der Waals surface area (Å²) < 4.78 is 2.23. The Bertz CT molecular complexity index is 664. The molecule has 1 saturated carbocycles. The second-order valence-electron chi connectivity index (χ2n) is 6.18. The van der Waals surface area contributed by atoms with Gasteiger partial charge in [0, 0.05) is 18.5 Å². The third-order valence-corrected chi connectivity index (χ3v) is 4.48. The van der Waals surface area contributed by atoms with Crippen molar-refractivity contribution in [3.05, 3.63) is 24.3 Å². The quantitative estimate of drug-likeness (QED) is 0.880. The molecule has 1 unspecified atom stereocenters. The van der Waals surface area contributed by atoms with Gasteiger partial charge in [0.1, 0.15) is 0 Å². The van der Waals surface area contributed by atoms with E-state index in [1.807, 2.05) is 32.2 Å². The van der Waals surface area contributed by atoms with Gasteiger partial charge in [-0.2, -0.15) is 0 Å². The van der Waals surface area contributed by atoms with Crippen molar-refractivity contribution in [3.63, 3.8) is 0 Å². The van der Waals surface area contributed by atoms with Crippen LogP contribution in [0.5, 0.6) is 0 Å². The molecule has 0 bridgehead atoms. The monoisotopic (exact) mass is 336 g/mol. The lowest BCUT2D eigenvalue weighted by Crippen LogP contribution is -2.29. The molecular formula is C17H25ClN4O. The molecule has 2 aromatic rings. The van der Waals surface area contributed by atoms with E-state index < -0.39 is 0 Å². The number of hydrogen-bond acceptors (Lipinski definition) is 3. The SMILES string of the molecule is CNCC(C)C(=O)Nc1nc2ccccc2n1C1CCCC1.Cl. The zero-order chi connectivity index (χ0) is 15.5. The van der Waals surface area contributed by atoms with Crippen molar-refractivity contribution in [2.24, 2.45) is 5.92 Å². The molecule has 0 aliphatic heterocycles. The average molecular weight is 337 g/mol. The number of anilines is 1. The molecule has 0 spiro atoms. The van der Waals surface area contributed by atoms with Crippen LogP contribution >= 0.6 is 12.4 Å². The fourth-order valence-electron chi connectivity index (χ4n) is 3.30. The van der Waals surface area contributed by atoms with Gasteiger partial charge in [-0.15, -0.1) is 12.4 Å². The lowest BCUT2D eigenvalue weighted by molar-refractivity contribution is -0.119. The van der Waals surface area contributed by atoms with Gasteiger partial charge in [-0.25, -0.2) is 4.98 Å². The van der Waals surface area contributed by atoms with Crippen molar-refractivity contribution < 1.29 is 4.79 Å². The van der Waals surface area contributed by atoms with E-state index in [0.29, 0.717) is 18.5 Å². The number of aromatic nitrogens is 2. The summed E-state index contributed by atoms with van der Waals surface area (Å²) in [6.45, 7) is 2.59. The minimum absolute atomic E-state index is 0. The van der Waals surface area contributed by atoms with Crippen molar-refractivity contribution in [3.8, 4) is 0 Å². The number of para-hydroxylation sites is 2. The predicted octanol–water partition coefficient (Wildman–Crippen LogP) is 3.37. The number of imidazole rings is 1. The van der Waals surface area contributed by atoms with E-state index in [1.165, 1.54) is 12.8 Å². The summed E-state index contributed by atoms with van der Waals surface area (Å²) in [6, 6.07) is 8.57. The number of amides is 1. The first kappa shape index (κ1) is 17.8. The number of benzene rings is 1. The Morgan fingerprint density at radius 3 is 2.74 bits per heavy atom. The highest BCUT2D eigenvalue weighted by Crippen LogP contribution is 2.35. The van der Waals surface area contributed by atoms with Crippen LogP contribution in [0.3, 0.4) is 0 Å². The molecule has 23 heavy (non-hydrogen) atoms. The first-order valence-electron chi connectivity index (χ1n) is 8.13. The highest BCUT2D eigenvalue weighted by atomic mass is 35.5. The summed E-state index contributed by atoms with van der Waals surface area (Å²) in [7, 11) is 1.86. The van der Waals surface area contributed by atoms with Crippen LogP contribution in [-0.2, 0) is 4.79 Å². The average Bonchev–Trinajstić information content (AvgIpc) is 3.13. The van der Waals surface area contributed by atoms with Crippen LogP contribution in [0.25, 0.3) is 11.0 Å². The van der Waals surface area contributed by atoms with E-state index in [9.17, 15) is 4.79 Å². The van der Waals surface area contributed by atoms with Gasteiger partial charge in [0.25, 0.3) is 0 Å². The summed E-state index contributed by atoms with van der Waals surface area (Å²) in [5.74, 6) is 0.631. The molecule has 2 N–H and O–H groups in total. The molecule has 126 valence electrons. The Morgan fingerprint density at radius 2 is 2.04 bits per heavy atom. The number of nitrogens with one attached hydrogen (secondary N) is 2. The first-order valence-corrected chi connectivity index (χ1v) is 8.13. The van der Waals surface area contributed by atoms with Crippen molar-refractivity contribution in [1.82, 2.24) is 14.9 Å². The van der Waals surface area contributed by atoms with E-state index in [0.717, 1.165) is 23.9 Å². The number of fused-ring (bicyclic) bond motifs is 1. The number of hydrogen-bond donors (Lipinski definition) is 2. The molecule has 1 atom stereocenters. The highest BCUT2D eigenvalue weighted by Gasteiger charge is 2.24. The van der Waals surface area contributed by atoms with Crippen LogP contribution < -0.4 is 10.6 Å². The van der Waals surface area contributed by atoms with Crippen LogP contribution in [0.15, 0.2) is 24.3 Å². The maximum Gasteiger partial charge on any atom is 0.230 e. The molecule has 1 aromatic heterocycles. The lowest BCUT2D eigenvalue weighted by atomic mass is 10.1. The first-order chi connectivity index (χ1) is 10.7. The normalized spacial score (nSPS) is 16.3. The zero-order valence-electron chi connectivity index (χ0n) is 13.7. The van der Waals surface area contributed by atoms with Gasteiger partial charge in [0.2, 0.25) is 11.9 Å². The molecule has 0 saturated heterocycles. The topological polar surface area (TPSA) is 59.0 Å². The molecule has 1 amide bonds. The van der Waals surface area contributed by atoms with E-state index in [1.54, 1.807) is 0 Å². The van der Waals surface area contributed by atoms with E-state index in [-0.39, 0.29) is 24.2 Å². The fraction of sp³-hybridized carbons (Fsp3) is 0.529. The lowest BCUT2D eigenvalue weighted by Gasteiger charge is -2.18. The summed E-state index contributed by atoms with van der Waals surface area (Å²) in [6.07, 6.45) is 4.83. The van der Waals surface area contributed by atoms with Crippen LogP contribution in [-0.4, -0.2) is 29.1 Å². The third-order valence-electron chi connectivity index (χ3n) is 4.48. The number of rotatable bonds is 5. The Morgan fingerprint density at radius 1 is 1.35 bits per heavy atom. The van der Waals surface area contributed by atoms with Crippen molar-refractivity contribution in [2.75, 3.05) is 18.9 Å². The second kappa shape index (κ2) is 7.79. The van der Waals surface area contributed by atoms with Crippen LogP contribution in [0.1, 0.15) is 38.6 Å². The van der Waals surface area contributed by atoms with Crippen LogP contribution in [0.2, 0.25) is 0 Å². The Kier molecular flexibility index (Phi) is 6.02. The Balaban J connectivity index is 0.00000192. The van der Waals surface area contributed by atoms with Gasteiger partial charge >= 0.3 is 0 Å². The second-order valence-corrected chi connectivity index (χ2v) is 6.18. The molecular weight excluding hydrogens is 312 g/mol. The zero-order valence-corrected chi connectivity index (χ0v) is 14.5. The van der Waals surface area contributed by atoms with E-state index >= 15 is 0 Å². The number of halogens is 1. The van der Waals surface area contributed by atoms with Gasteiger partial charge in [-0.3, -0.25) is 10.1 Å². The molecule has 3 rings (SSSR count). The molecule has 1 fully saturated rings. The number of carbonyl (C=O) groups is 1. The van der Waals surface area contributed by atoms with E-state index in [2.05, 4.69) is 26.3 Å². The van der Waals surface area contributed by atoms with Crippen molar-refractivity contribution in [1.29, 1.82) is 0 Å². The molecule has 6 heteroatoms. The van der Waals surface area contributed by atoms with Gasteiger partial charge in [0.15, 0.2) is 0 Å². The predicted molar refractivity (Wildman–Crippen MR) is 96.2 cm³/mol. The summed E-state index contributed by atoms with van der Waals surface area (Å²) in [5.41, 5.74) is 2.07. The molecule has 1 heterocycles. The minimum Gasteiger partial charge on any atom is -0.319 e. The highest BCUT2D eigenvalue weighted by molar-refractivity contribution is 5.93. The summed E-state index contributed by atoms with van der Waals surface area (Å²) in [4.78, 5) is 17.0. The molecule has 0 radical (unpaired) electrons. The van der Waals surface area contributed by atoms with Crippen molar-refractivity contribution in [2.45, 2.75) is 38.6 Å². The van der Waals surface area contributed by atoms with Gasteiger partial charge < -0.3 is 9.88 Å². The smallest absolute Gasteiger partial charge is 0.230 e. The standard InChI is InChI=1S/C17H24N4O.ClH/c1-12(11-18-2)16(22)20-17-19-14-9-5-6-10-15(14)21(17)13-7-3-4-8-13;/h5-6,9-10,12-13,18H,3-4,7-8,11H2,1-2H3,(H,19,20,22);1H. The summed E-state index contributed by atoms with van der Waals surface area (Å²) in [5, 5.41) is 6.08. The Hall–Kier alpha value is -1.59. The van der Waals surface area contributed by atoms with Gasteiger partial charge in [0.05, 0.1) is 11.0 Å². The maximum atomic E-state index is 12.3. The Labute approximate surface area is 143 Å². The molecule has 1 aliphatic rings. The number of nitrogens with zero attached hydrogens (tertiary/aromatic N) is 2. The maximum absolute atomic E-state index is 12.3. The van der Waals surface area contributed by atoms with E-state index in [4.69, 9.17) is 0 Å². The van der Waals surface area contributed by atoms with Gasteiger partial charge in [-0.1, -0.05) is 31.9 Å². The molecule has 5 nitrogen and oxygen atoms in total. The van der Waals surface area contributed by atoms with Crippen LogP contribution in [0, 0.1) is 5.92 Å². The fourth-order valence-corrected chi connectivity index (χ4v) is 3.30. The van der Waals surface area contributed by atoms with Crippen LogP contribution in [0.4, 0.5) is 5.95 Å². The largest absolute Gasteiger partial charge is 0.319 e.